The number of hydrogen-bond acceptors (Lipinski definition) is 9. The molecule has 0 bridgehead atoms. The molecule has 4 rings (SSSR count). The van der Waals surface area contributed by atoms with Crippen LogP contribution in [0.25, 0.3) is 6.08 Å². The number of carbonyl (C=O) groups is 1. The molecule has 1 amide bonds. The monoisotopic (exact) mass is 500 g/mol. The fraction of sp³-hybridized carbons (Fsp3) is 0.333. The number of halogens is 1. The molecule has 11 heteroatoms. The molecule has 1 aromatic heterocycles. The van der Waals surface area contributed by atoms with Crippen LogP contribution in [0.2, 0.25) is 5.02 Å². The molecule has 2 aliphatic rings. The van der Waals surface area contributed by atoms with Gasteiger partial charge in [0.1, 0.15) is 38.3 Å². The van der Waals surface area contributed by atoms with E-state index in [9.17, 15) is 4.79 Å². The zero-order valence-corrected chi connectivity index (χ0v) is 19.8. The maximum Gasteiger partial charge on any atom is 0.326 e. The summed E-state index contributed by atoms with van der Waals surface area (Å²) in [6.07, 6.45) is 4.56. The van der Waals surface area contributed by atoms with Crippen molar-refractivity contribution in [1.82, 2.24) is 19.9 Å². The lowest BCUT2D eigenvalue weighted by molar-refractivity contribution is -0.136. The van der Waals surface area contributed by atoms with Gasteiger partial charge in [-0.15, -0.1) is 15.0 Å². The Balaban J connectivity index is 1.38. The van der Waals surface area contributed by atoms with Crippen LogP contribution in [0.4, 0.5) is 0 Å². The highest BCUT2D eigenvalue weighted by molar-refractivity contribution is 6.30. The largest absolute Gasteiger partial charge is 0.488 e. The lowest BCUT2D eigenvalue weighted by Gasteiger charge is -2.33. The molecule has 0 N–H and O–H groups in total. The number of morpholine rings is 1. The van der Waals surface area contributed by atoms with E-state index in [0.29, 0.717) is 36.0 Å². The zero-order chi connectivity index (χ0) is 24.6. The minimum atomic E-state index is -0.383. The number of carbonyl (C=O) groups excluding carboxylic acids is 1. The van der Waals surface area contributed by atoms with Crippen LogP contribution in [0.1, 0.15) is 5.56 Å². The smallest absolute Gasteiger partial charge is 0.326 e. The number of rotatable bonds is 10. The molecule has 0 aliphatic carbocycles. The Bertz CT molecular complexity index is 1090. The molecular weight excluding hydrogens is 476 g/mol. The highest BCUT2D eigenvalue weighted by atomic mass is 35.5. The molecule has 10 nitrogen and oxygen atoms in total. The second-order valence-electron chi connectivity index (χ2n) is 7.58. The summed E-state index contributed by atoms with van der Waals surface area (Å²) in [5, 5.41) is 0.579. The predicted molar refractivity (Wildman–Crippen MR) is 128 cm³/mol. The summed E-state index contributed by atoms with van der Waals surface area (Å²) in [5.74, 6) is 0.578. The Kier molecular flexibility index (Phi) is 8.17. The molecular formula is C24H25ClN4O6. The normalized spacial score (nSPS) is 16.9. The average Bonchev–Trinajstić information content (AvgIpc) is 2.88. The van der Waals surface area contributed by atoms with Gasteiger partial charge >= 0.3 is 18.0 Å². The average molecular weight is 501 g/mol. The van der Waals surface area contributed by atoms with Gasteiger partial charge in [0.15, 0.2) is 0 Å². The van der Waals surface area contributed by atoms with Gasteiger partial charge in [0.2, 0.25) is 0 Å². The van der Waals surface area contributed by atoms with Crippen molar-refractivity contribution in [1.29, 1.82) is 0 Å². The predicted octanol–water partition coefficient (Wildman–Crippen LogP) is 2.74. The molecule has 1 saturated heterocycles. The maximum absolute atomic E-state index is 13.1. The van der Waals surface area contributed by atoms with Gasteiger partial charge in [0, 0.05) is 17.1 Å². The SMILES string of the molecule is C=CCOc1nc(OCC=C)nc(OCC2CN(C(=O)C3=Cc4cc(Cl)ccc4OC3)CCO2)n1. The van der Waals surface area contributed by atoms with E-state index in [2.05, 4.69) is 28.1 Å². The van der Waals surface area contributed by atoms with Crippen molar-refractivity contribution in [3.8, 4) is 23.8 Å². The number of fused-ring (bicyclic) bond motifs is 1. The third-order valence-corrected chi connectivity index (χ3v) is 5.25. The van der Waals surface area contributed by atoms with E-state index in [1.165, 1.54) is 0 Å². The summed E-state index contributed by atoms with van der Waals surface area (Å²) < 4.78 is 28.0. The Morgan fingerprint density at radius 3 is 2.49 bits per heavy atom. The lowest BCUT2D eigenvalue weighted by Crippen LogP contribution is -2.48. The maximum atomic E-state index is 13.1. The van der Waals surface area contributed by atoms with Crippen molar-refractivity contribution in [2.75, 3.05) is 46.1 Å². The topological polar surface area (TPSA) is 105 Å². The van der Waals surface area contributed by atoms with Gasteiger partial charge in [0.25, 0.3) is 5.91 Å². The van der Waals surface area contributed by atoms with Crippen molar-refractivity contribution < 1.29 is 28.5 Å². The molecule has 1 aromatic carbocycles. The van der Waals surface area contributed by atoms with Gasteiger partial charge < -0.3 is 28.6 Å². The minimum Gasteiger partial charge on any atom is -0.488 e. The standard InChI is InChI=1S/C24H25ClN4O6/c1-3-8-32-22-26-23(33-9-4-2)28-24(27-22)35-15-19-13-29(7-10-31-19)21(30)17-11-16-12-18(25)5-6-20(16)34-14-17/h3-6,11-12,19H,1-2,7-10,13-15H2. The molecule has 1 fully saturated rings. The van der Waals surface area contributed by atoms with Crippen LogP contribution >= 0.6 is 11.6 Å². The van der Waals surface area contributed by atoms with Gasteiger partial charge in [0.05, 0.1) is 18.7 Å². The van der Waals surface area contributed by atoms with Gasteiger partial charge in [-0.1, -0.05) is 36.9 Å². The van der Waals surface area contributed by atoms with Crippen LogP contribution in [0.3, 0.4) is 0 Å². The van der Waals surface area contributed by atoms with E-state index in [1.54, 1.807) is 35.3 Å². The third kappa shape index (κ3) is 6.49. The fourth-order valence-corrected chi connectivity index (χ4v) is 3.61. The Morgan fingerprint density at radius 1 is 1.11 bits per heavy atom. The van der Waals surface area contributed by atoms with Crippen molar-refractivity contribution in [3.63, 3.8) is 0 Å². The molecule has 0 radical (unpaired) electrons. The van der Waals surface area contributed by atoms with Crippen molar-refractivity contribution >= 4 is 23.6 Å². The van der Waals surface area contributed by atoms with Crippen molar-refractivity contribution in [3.05, 3.63) is 59.7 Å². The number of nitrogens with zero attached hydrogens (tertiary/aromatic N) is 4. The fourth-order valence-electron chi connectivity index (χ4n) is 3.43. The summed E-state index contributed by atoms with van der Waals surface area (Å²) in [5.41, 5.74) is 1.32. The first-order chi connectivity index (χ1) is 17.1. The Morgan fingerprint density at radius 2 is 1.80 bits per heavy atom. The van der Waals surface area contributed by atoms with Crippen LogP contribution in [-0.2, 0) is 9.53 Å². The van der Waals surface area contributed by atoms with Crippen LogP contribution in [0.15, 0.2) is 49.1 Å². The summed E-state index contributed by atoms with van der Waals surface area (Å²) in [6, 6.07) is 5.42. The number of ether oxygens (including phenoxy) is 5. The molecule has 1 unspecified atom stereocenters. The zero-order valence-electron chi connectivity index (χ0n) is 19.0. The first kappa shape index (κ1) is 24.5. The second kappa shape index (κ2) is 11.7. The van der Waals surface area contributed by atoms with E-state index in [-0.39, 0.29) is 56.5 Å². The first-order valence-electron chi connectivity index (χ1n) is 11.0. The van der Waals surface area contributed by atoms with E-state index >= 15 is 0 Å². The highest BCUT2D eigenvalue weighted by Gasteiger charge is 2.28. The lowest BCUT2D eigenvalue weighted by atomic mass is 10.1. The number of aromatic nitrogens is 3. The summed E-state index contributed by atoms with van der Waals surface area (Å²) in [7, 11) is 0. The number of benzene rings is 1. The molecule has 0 saturated carbocycles. The van der Waals surface area contributed by atoms with Crippen LogP contribution in [-0.4, -0.2) is 78.0 Å². The molecule has 2 aliphatic heterocycles. The summed E-state index contributed by atoms with van der Waals surface area (Å²) in [4.78, 5) is 27.2. The van der Waals surface area contributed by atoms with Crippen molar-refractivity contribution in [2.45, 2.75) is 6.10 Å². The van der Waals surface area contributed by atoms with Gasteiger partial charge in [-0.2, -0.15) is 0 Å². The third-order valence-electron chi connectivity index (χ3n) is 5.02. The quantitative estimate of drug-likeness (QED) is 0.455. The van der Waals surface area contributed by atoms with E-state index in [0.717, 1.165) is 5.56 Å². The molecule has 3 heterocycles. The number of amides is 1. The van der Waals surface area contributed by atoms with Crippen LogP contribution in [0.5, 0.6) is 23.8 Å². The molecule has 0 spiro atoms. The first-order valence-corrected chi connectivity index (χ1v) is 11.3. The minimum absolute atomic E-state index is 0.0158. The molecule has 1 atom stereocenters. The van der Waals surface area contributed by atoms with Gasteiger partial charge in [-0.25, -0.2) is 0 Å². The van der Waals surface area contributed by atoms with Gasteiger partial charge in [-0.05, 0) is 24.3 Å². The van der Waals surface area contributed by atoms with Crippen molar-refractivity contribution in [2.24, 2.45) is 0 Å². The molecule has 35 heavy (non-hydrogen) atoms. The van der Waals surface area contributed by atoms with Crippen LogP contribution in [0, 0.1) is 0 Å². The summed E-state index contributed by atoms with van der Waals surface area (Å²) in [6.45, 7) is 9.09. The summed E-state index contributed by atoms with van der Waals surface area (Å²) >= 11 is 6.08. The molecule has 184 valence electrons. The highest BCUT2D eigenvalue weighted by Crippen LogP contribution is 2.29. The van der Waals surface area contributed by atoms with Gasteiger partial charge in [-0.3, -0.25) is 4.79 Å². The Labute approximate surface area is 207 Å². The van der Waals surface area contributed by atoms with E-state index in [1.807, 2.05) is 6.08 Å². The molecule has 2 aromatic rings. The van der Waals surface area contributed by atoms with E-state index in [4.69, 9.17) is 35.3 Å². The second-order valence-corrected chi connectivity index (χ2v) is 8.01. The van der Waals surface area contributed by atoms with Crippen LogP contribution < -0.4 is 18.9 Å². The number of hydrogen-bond donors (Lipinski definition) is 0. The van der Waals surface area contributed by atoms with E-state index < -0.39 is 0 Å². The Hall–Kier alpha value is -3.63.